The number of hydrogen-bond acceptors (Lipinski definition) is 3. The topological polar surface area (TPSA) is 29.5 Å². The number of nitrogens with zero attached hydrogens (tertiary/aromatic N) is 1. The Morgan fingerprint density at radius 1 is 0.935 bits per heavy atom. The van der Waals surface area contributed by atoms with Gasteiger partial charge < -0.3 is 4.74 Å². The van der Waals surface area contributed by atoms with Crippen molar-refractivity contribution in [2.24, 2.45) is 0 Å². The lowest BCUT2D eigenvalue weighted by Crippen LogP contribution is -2.37. The Labute approximate surface area is 179 Å². The Bertz CT molecular complexity index is 1030. The minimum Gasteiger partial charge on any atom is -0.371 e. The number of alkyl halides is 3. The largest absolute Gasteiger partial charge is 0.416 e. The number of ether oxygens (including phenoxy) is 1. The van der Waals surface area contributed by atoms with Crippen LogP contribution in [-0.2, 0) is 17.5 Å². The van der Waals surface area contributed by atoms with E-state index in [1.165, 1.54) is 17.7 Å². The molecule has 0 aliphatic carbocycles. The highest BCUT2D eigenvalue weighted by molar-refractivity contribution is 6.09. The van der Waals surface area contributed by atoms with Gasteiger partial charge in [-0.2, -0.15) is 13.2 Å². The molecule has 0 bridgehead atoms. The molecule has 1 aliphatic heterocycles. The van der Waals surface area contributed by atoms with Crippen LogP contribution in [0.25, 0.3) is 0 Å². The van der Waals surface area contributed by atoms with Crippen LogP contribution in [0.2, 0.25) is 0 Å². The van der Waals surface area contributed by atoms with Crippen LogP contribution in [0.5, 0.6) is 0 Å². The second kappa shape index (κ2) is 9.04. The number of ketones is 1. The quantitative estimate of drug-likeness (QED) is 0.505. The molecule has 1 aliphatic rings. The molecule has 6 heteroatoms. The molecule has 4 rings (SSSR count). The maximum atomic E-state index is 12.9. The van der Waals surface area contributed by atoms with Gasteiger partial charge in [0.05, 0.1) is 18.3 Å². The first-order valence-corrected chi connectivity index (χ1v) is 10.1. The van der Waals surface area contributed by atoms with Gasteiger partial charge in [0.25, 0.3) is 0 Å². The van der Waals surface area contributed by atoms with Gasteiger partial charge in [-0.1, -0.05) is 66.7 Å². The highest BCUT2D eigenvalue weighted by Crippen LogP contribution is 2.30. The lowest BCUT2D eigenvalue weighted by molar-refractivity contribution is -0.137. The van der Waals surface area contributed by atoms with E-state index < -0.39 is 17.5 Å². The molecule has 1 unspecified atom stereocenters. The van der Waals surface area contributed by atoms with Crippen LogP contribution in [0.3, 0.4) is 0 Å². The summed E-state index contributed by atoms with van der Waals surface area (Å²) in [5.74, 6) is -0.437. The fourth-order valence-electron chi connectivity index (χ4n) is 3.74. The molecule has 1 atom stereocenters. The van der Waals surface area contributed by atoms with E-state index in [4.69, 9.17) is 4.74 Å². The maximum Gasteiger partial charge on any atom is 0.416 e. The Kier molecular flexibility index (Phi) is 6.20. The van der Waals surface area contributed by atoms with Crippen LogP contribution < -0.4 is 0 Å². The van der Waals surface area contributed by atoms with Gasteiger partial charge in [-0.3, -0.25) is 9.69 Å². The summed E-state index contributed by atoms with van der Waals surface area (Å²) in [5, 5.41) is 0. The third-order valence-electron chi connectivity index (χ3n) is 5.40. The van der Waals surface area contributed by atoms with Gasteiger partial charge >= 0.3 is 6.18 Å². The number of morpholine rings is 1. The van der Waals surface area contributed by atoms with Crippen molar-refractivity contribution in [3.63, 3.8) is 0 Å². The zero-order valence-electron chi connectivity index (χ0n) is 16.8. The van der Waals surface area contributed by atoms with Crippen LogP contribution in [-0.4, -0.2) is 30.4 Å². The zero-order chi connectivity index (χ0) is 21.8. The monoisotopic (exact) mass is 425 g/mol. The average molecular weight is 425 g/mol. The Morgan fingerprint density at radius 2 is 1.68 bits per heavy atom. The first kappa shape index (κ1) is 21.3. The van der Waals surface area contributed by atoms with E-state index in [1.54, 1.807) is 12.1 Å². The molecule has 3 nitrogen and oxygen atoms in total. The van der Waals surface area contributed by atoms with Crippen molar-refractivity contribution in [2.45, 2.75) is 18.8 Å². The van der Waals surface area contributed by atoms with Crippen molar-refractivity contribution >= 4 is 5.78 Å². The lowest BCUT2D eigenvalue weighted by Gasteiger charge is -2.33. The SMILES string of the molecule is O=C(c1ccc(C2CN(Cc3ccccc3)CCO2)cc1)c1cccc(C(F)(F)F)c1. The molecule has 0 N–H and O–H groups in total. The molecular formula is C25H22F3NO2. The Morgan fingerprint density at radius 3 is 2.39 bits per heavy atom. The van der Waals surface area contributed by atoms with Crippen molar-refractivity contribution < 1.29 is 22.7 Å². The van der Waals surface area contributed by atoms with E-state index in [-0.39, 0.29) is 11.7 Å². The standard InChI is InChI=1S/C25H22F3NO2/c26-25(27,28)22-8-4-7-21(15-22)24(30)20-11-9-19(10-12-20)23-17-29(13-14-31-23)16-18-5-2-1-3-6-18/h1-12,15,23H,13-14,16-17H2. The van der Waals surface area contributed by atoms with E-state index in [1.807, 2.05) is 30.3 Å². The number of carbonyl (C=O) groups excluding carboxylic acids is 1. The predicted molar refractivity (Wildman–Crippen MR) is 112 cm³/mol. The van der Waals surface area contributed by atoms with Crippen molar-refractivity contribution in [1.82, 2.24) is 4.90 Å². The molecule has 1 saturated heterocycles. The normalized spacial score (nSPS) is 17.5. The maximum absolute atomic E-state index is 12.9. The average Bonchev–Trinajstić information content (AvgIpc) is 2.79. The molecule has 160 valence electrons. The number of carbonyl (C=O) groups is 1. The minimum absolute atomic E-state index is 0.0190. The summed E-state index contributed by atoms with van der Waals surface area (Å²) in [7, 11) is 0. The predicted octanol–water partition coefficient (Wildman–Crippen LogP) is 5.51. The van der Waals surface area contributed by atoms with Crippen molar-refractivity contribution in [1.29, 1.82) is 0 Å². The fraction of sp³-hybridized carbons (Fsp3) is 0.240. The molecular weight excluding hydrogens is 403 g/mol. The van der Waals surface area contributed by atoms with Crippen LogP contribution in [0.15, 0.2) is 78.9 Å². The molecule has 0 saturated carbocycles. The summed E-state index contributed by atoms with van der Waals surface area (Å²) in [6, 6.07) is 21.7. The Hall–Kier alpha value is -2.96. The summed E-state index contributed by atoms with van der Waals surface area (Å²) < 4.78 is 44.7. The van der Waals surface area contributed by atoms with Crippen molar-refractivity contribution in [2.75, 3.05) is 19.7 Å². The third kappa shape index (κ3) is 5.21. The van der Waals surface area contributed by atoms with E-state index in [0.29, 0.717) is 12.2 Å². The molecule has 31 heavy (non-hydrogen) atoms. The second-order valence-electron chi connectivity index (χ2n) is 7.61. The van der Waals surface area contributed by atoms with Gasteiger partial charge in [-0.15, -0.1) is 0 Å². The van der Waals surface area contributed by atoms with E-state index >= 15 is 0 Å². The summed E-state index contributed by atoms with van der Waals surface area (Å²) in [5.41, 5.74) is 1.72. The molecule has 1 heterocycles. The van der Waals surface area contributed by atoms with Gasteiger partial charge in [0, 0.05) is 30.8 Å². The van der Waals surface area contributed by atoms with Crippen molar-refractivity contribution in [3.05, 3.63) is 107 Å². The highest BCUT2D eigenvalue weighted by atomic mass is 19.4. The second-order valence-corrected chi connectivity index (χ2v) is 7.61. The smallest absolute Gasteiger partial charge is 0.371 e. The van der Waals surface area contributed by atoms with Gasteiger partial charge in [-0.25, -0.2) is 0 Å². The van der Waals surface area contributed by atoms with Crippen LogP contribution in [0, 0.1) is 0 Å². The molecule has 0 aromatic heterocycles. The van der Waals surface area contributed by atoms with E-state index in [2.05, 4.69) is 17.0 Å². The number of benzene rings is 3. The Balaban J connectivity index is 1.45. The molecule has 0 spiro atoms. The lowest BCUT2D eigenvalue weighted by atomic mass is 9.98. The molecule has 3 aromatic rings. The van der Waals surface area contributed by atoms with Gasteiger partial charge in [0.1, 0.15) is 0 Å². The van der Waals surface area contributed by atoms with Gasteiger partial charge in [-0.05, 0) is 23.3 Å². The summed E-state index contributed by atoms with van der Waals surface area (Å²) in [6.07, 6.45) is -4.60. The van der Waals surface area contributed by atoms with E-state index in [0.717, 1.165) is 37.3 Å². The third-order valence-corrected chi connectivity index (χ3v) is 5.40. The number of halogens is 3. The molecule has 3 aromatic carbocycles. The first-order chi connectivity index (χ1) is 14.9. The van der Waals surface area contributed by atoms with Gasteiger partial charge in [0.15, 0.2) is 5.78 Å². The molecule has 1 fully saturated rings. The van der Waals surface area contributed by atoms with Crippen LogP contribution in [0.4, 0.5) is 13.2 Å². The number of hydrogen-bond donors (Lipinski definition) is 0. The van der Waals surface area contributed by atoms with Gasteiger partial charge in [0.2, 0.25) is 0 Å². The van der Waals surface area contributed by atoms with Crippen LogP contribution in [0.1, 0.15) is 38.7 Å². The molecule has 0 amide bonds. The summed E-state index contributed by atoms with van der Waals surface area (Å²) >= 11 is 0. The fourth-order valence-corrected chi connectivity index (χ4v) is 3.74. The molecule has 0 radical (unpaired) electrons. The number of rotatable bonds is 5. The van der Waals surface area contributed by atoms with Crippen LogP contribution >= 0.6 is 0 Å². The van der Waals surface area contributed by atoms with E-state index in [9.17, 15) is 18.0 Å². The summed E-state index contributed by atoms with van der Waals surface area (Å²) in [4.78, 5) is 15.0. The first-order valence-electron chi connectivity index (χ1n) is 10.1. The highest BCUT2D eigenvalue weighted by Gasteiger charge is 2.31. The van der Waals surface area contributed by atoms with Crippen molar-refractivity contribution in [3.8, 4) is 0 Å². The zero-order valence-corrected chi connectivity index (χ0v) is 16.8. The summed E-state index contributed by atoms with van der Waals surface area (Å²) in [6.45, 7) is 3.03. The minimum atomic E-state index is -4.48.